The van der Waals surface area contributed by atoms with Crippen molar-refractivity contribution >= 4 is 11.9 Å². The van der Waals surface area contributed by atoms with E-state index in [2.05, 4.69) is 50.9 Å². The van der Waals surface area contributed by atoms with Crippen LogP contribution in [0.25, 0.3) is 0 Å². The van der Waals surface area contributed by atoms with E-state index < -0.39 is 6.23 Å². The topological polar surface area (TPSA) is 35.8 Å². The zero-order chi connectivity index (χ0) is 13.3. The molecule has 2 rings (SSSR count). The monoisotopic (exact) mass is 244 g/mol. The van der Waals surface area contributed by atoms with Crippen LogP contribution in [0.3, 0.4) is 0 Å². The Bertz CT molecular complexity index is 498. The molecule has 1 aromatic carbocycles. The molecule has 1 aromatic rings. The summed E-state index contributed by atoms with van der Waals surface area (Å²) in [5.74, 6) is 0. The molecule has 0 fully saturated rings. The Hall–Kier alpha value is -1.61. The second-order valence-corrected chi connectivity index (χ2v) is 5.72. The summed E-state index contributed by atoms with van der Waals surface area (Å²) in [7, 11) is 0. The number of aliphatic imine (C=N–C) groups is 1. The lowest BCUT2D eigenvalue weighted by Gasteiger charge is -2.28. The lowest BCUT2D eigenvalue weighted by molar-refractivity contribution is 0.249. The third-order valence-electron chi connectivity index (χ3n) is 3.04. The Morgan fingerprint density at radius 3 is 2.56 bits per heavy atom. The number of benzene rings is 1. The van der Waals surface area contributed by atoms with Gasteiger partial charge in [0.1, 0.15) is 0 Å². The molecule has 1 unspecified atom stereocenters. The maximum Gasteiger partial charge on any atom is 0.167 e. The molecule has 1 aliphatic rings. The Morgan fingerprint density at radius 1 is 1.22 bits per heavy atom. The number of aryl methyl sites for hydroxylation is 1. The molecule has 1 heterocycles. The van der Waals surface area contributed by atoms with E-state index in [9.17, 15) is 5.11 Å². The van der Waals surface area contributed by atoms with Gasteiger partial charge in [-0.2, -0.15) is 0 Å². The van der Waals surface area contributed by atoms with Crippen molar-refractivity contribution in [3.63, 3.8) is 0 Å². The van der Waals surface area contributed by atoms with E-state index in [0.29, 0.717) is 0 Å². The maximum absolute atomic E-state index is 9.93. The Balaban J connectivity index is 2.43. The van der Waals surface area contributed by atoms with Gasteiger partial charge in [0.15, 0.2) is 6.23 Å². The van der Waals surface area contributed by atoms with Crippen molar-refractivity contribution in [2.24, 2.45) is 4.99 Å². The van der Waals surface area contributed by atoms with Crippen molar-refractivity contribution in [3.8, 4) is 0 Å². The van der Waals surface area contributed by atoms with Gasteiger partial charge < -0.3 is 10.0 Å². The largest absolute Gasteiger partial charge is 0.368 e. The predicted octanol–water partition coefficient (Wildman–Crippen LogP) is 2.97. The molecular weight excluding hydrogens is 224 g/mol. The molecule has 0 aromatic heterocycles. The van der Waals surface area contributed by atoms with Crippen LogP contribution in [0.2, 0.25) is 0 Å². The zero-order valence-corrected chi connectivity index (χ0v) is 11.4. The summed E-state index contributed by atoms with van der Waals surface area (Å²) >= 11 is 0. The fourth-order valence-corrected chi connectivity index (χ4v) is 1.98. The summed E-state index contributed by atoms with van der Waals surface area (Å²) in [4.78, 5) is 5.74. The van der Waals surface area contributed by atoms with Crippen LogP contribution in [0, 0.1) is 6.92 Å². The van der Waals surface area contributed by atoms with Gasteiger partial charge in [-0.15, -0.1) is 0 Å². The molecular formula is C15H20N2O. The van der Waals surface area contributed by atoms with Crippen LogP contribution in [0.15, 0.2) is 35.6 Å². The van der Waals surface area contributed by atoms with Gasteiger partial charge in [-0.1, -0.05) is 26.8 Å². The predicted molar refractivity (Wildman–Crippen MR) is 76.0 cm³/mol. The molecule has 0 saturated carbocycles. The van der Waals surface area contributed by atoms with E-state index in [4.69, 9.17) is 0 Å². The molecule has 1 atom stereocenters. The van der Waals surface area contributed by atoms with Gasteiger partial charge in [0.2, 0.25) is 0 Å². The fraction of sp³-hybridized carbons (Fsp3) is 0.400. The molecule has 3 nitrogen and oxygen atoms in total. The van der Waals surface area contributed by atoms with Gasteiger partial charge in [0.25, 0.3) is 0 Å². The van der Waals surface area contributed by atoms with Gasteiger partial charge in [-0.05, 0) is 35.6 Å². The number of aliphatic hydroxyl groups is 1. The molecule has 1 N–H and O–H groups in total. The number of nitrogens with zero attached hydrogens (tertiary/aromatic N) is 2. The zero-order valence-electron chi connectivity index (χ0n) is 11.4. The first kappa shape index (κ1) is 12.8. The van der Waals surface area contributed by atoms with Gasteiger partial charge in [0, 0.05) is 18.1 Å². The first-order valence-corrected chi connectivity index (χ1v) is 6.16. The summed E-state index contributed by atoms with van der Waals surface area (Å²) in [6.45, 7) is 8.65. The molecule has 0 spiro atoms. The highest BCUT2D eigenvalue weighted by atomic mass is 16.3. The van der Waals surface area contributed by atoms with Crippen LogP contribution in [0.1, 0.15) is 31.9 Å². The molecule has 18 heavy (non-hydrogen) atoms. The Morgan fingerprint density at radius 2 is 1.94 bits per heavy atom. The molecule has 0 amide bonds. The van der Waals surface area contributed by atoms with Gasteiger partial charge in [-0.3, -0.25) is 4.99 Å². The molecule has 0 radical (unpaired) electrons. The van der Waals surface area contributed by atoms with Crippen LogP contribution in [-0.4, -0.2) is 17.5 Å². The van der Waals surface area contributed by atoms with E-state index in [0.717, 1.165) is 5.69 Å². The number of hydrogen-bond acceptors (Lipinski definition) is 3. The first-order chi connectivity index (χ1) is 8.38. The number of anilines is 1. The lowest BCUT2D eigenvalue weighted by Crippen LogP contribution is -2.33. The van der Waals surface area contributed by atoms with Crippen molar-refractivity contribution in [1.82, 2.24) is 0 Å². The Kier molecular flexibility index (Phi) is 3.26. The van der Waals surface area contributed by atoms with E-state index in [-0.39, 0.29) is 5.41 Å². The Labute approximate surface area is 108 Å². The smallest absolute Gasteiger partial charge is 0.167 e. The third-order valence-corrected chi connectivity index (χ3v) is 3.04. The summed E-state index contributed by atoms with van der Waals surface area (Å²) in [6, 6.07) is 6.39. The van der Waals surface area contributed by atoms with Crippen molar-refractivity contribution in [1.29, 1.82) is 0 Å². The average molecular weight is 244 g/mol. The molecule has 0 saturated heterocycles. The minimum atomic E-state index is -0.690. The number of hydrogen-bond donors (Lipinski definition) is 1. The minimum Gasteiger partial charge on any atom is -0.368 e. The minimum absolute atomic E-state index is 0.0965. The standard InChI is InChI=1S/C15H20N2O/c1-11-7-12(15(2,3)4)9-13(8-11)17-6-5-16-10-14(17)18/h5-10,14,18H,1-4H3. The first-order valence-electron chi connectivity index (χ1n) is 6.16. The van der Waals surface area contributed by atoms with E-state index in [1.54, 1.807) is 12.4 Å². The van der Waals surface area contributed by atoms with Crippen LogP contribution in [-0.2, 0) is 5.41 Å². The second kappa shape index (κ2) is 4.58. The quantitative estimate of drug-likeness (QED) is 0.824. The molecule has 0 bridgehead atoms. The summed E-state index contributed by atoms with van der Waals surface area (Å²) in [5.41, 5.74) is 3.55. The van der Waals surface area contributed by atoms with E-state index in [1.807, 2.05) is 4.90 Å². The van der Waals surface area contributed by atoms with Gasteiger partial charge >= 0.3 is 0 Å². The van der Waals surface area contributed by atoms with Crippen LogP contribution in [0.4, 0.5) is 5.69 Å². The molecule has 0 aliphatic carbocycles. The van der Waals surface area contributed by atoms with Crippen molar-refractivity contribution in [3.05, 3.63) is 41.7 Å². The van der Waals surface area contributed by atoms with Crippen LogP contribution in [0.5, 0.6) is 0 Å². The number of aliphatic hydroxyl groups excluding tert-OH is 1. The highest BCUT2D eigenvalue weighted by Crippen LogP contribution is 2.29. The second-order valence-electron chi connectivity index (χ2n) is 5.72. The highest BCUT2D eigenvalue weighted by Gasteiger charge is 2.19. The van der Waals surface area contributed by atoms with Crippen molar-refractivity contribution < 1.29 is 5.11 Å². The van der Waals surface area contributed by atoms with Crippen molar-refractivity contribution in [2.75, 3.05) is 4.90 Å². The van der Waals surface area contributed by atoms with Crippen LogP contribution < -0.4 is 4.90 Å². The molecule has 1 aliphatic heterocycles. The van der Waals surface area contributed by atoms with E-state index >= 15 is 0 Å². The normalized spacial score (nSPS) is 19.4. The molecule has 96 valence electrons. The highest BCUT2D eigenvalue weighted by molar-refractivity contribution is 5.72. The summed E-state index contributed by atoms with van der Waals surface area (Å²) in [6.07, 6.45) is 4.32. The number of rotatable bonds is 1. The van der Waals surface area contributed by atoms with Crippen molar-refractivity contribution in [2.45, 2.75) is 39.3 Å². The molecule has 3 heteroatoms. The summed E-state index contributed by atoms with van der Waals surface area (Å²) in [5, 5.41) is 9.93. The summed E-state index contributed by atoms with van der Waals surface area (Å²) < 4.78 is 0. The third kappa shape index (κ3) is 2.62. The lowest BCUT2D eigenvalue weighted by atomic mass is 9.86. The van der Waals surface area contributed by atoms with Gasteiger partial charge in [0.05, 0.1) is 6.21 Å². The average Bonchev–Trinajstić information content (AvgIpc) is 2.27. The maximum atomic E-state index is 9.93. The van der Waals surface area contributed by atoms with E-state index in [1.165, 1.54) is 17.3 Å². The fourth-order valence-electron chi connectivity index (χ4n) is 1.98. The van der Waals surface area contributed by atoms with Gasteiger partial charge in [-0.25, -0.2) is 0 Å². The SMILES string of the molecule is Cc1cc(N2C=CN=CC2O)cc(C(C)(C)C)c1. The van der Waals surface area contributed by atoms with Crippen LogP contribution >= 0.6 is 0 Å².